The Morgan fingerprint density at radius 2 is 1.76 bits per heavy atom. The van der Waals surface area contributed by atoms with E-state index in [1.165, 1.54) is 49.8 Å². The molecule has 2 fully saturated rings. The second kappa shape index (κ2) is 5.33. The zero-order chi connectivity index (χ0) is 14.2. The van der Waals surface area contributed by atoms with Crippen molar-refractivity contribution in [2.24, 2.45) is 11.8 Å². The van der Waals surface area contributed by atoms with Crippen LogP contribution < -0.4 is 4.90 Å². The van der Waals surface area contributed by atoms with E-state index >= 15 is 0 Å². The molecule has 3 aliphatic rings. The molecular formula is C18H23N3. The van der Waals surface area contributed by atoms with Crippen LogP contribution in [-0.2, 0) is 12.8 Å². The fourth-order valence-electron chi connectivity index (χ4n) is 3.42. The number of aromatic nitrogens is 1. The number of fused-ring (bicyclic) bond motifs is 1. The van der Waals surface area contributed by atoms with Crippen LogP contribution in [0.5, 0.6) is 0 Å². The number of nitrogens with zero attached hydrogens (tertiary/aromatic N) is 3. The van der Waals surface area contributed by atoms with E-state index in [-0.39, 0.29) is 0 Å². The van der Waals surface area contributed by atoms with E-state index in [4.69, 9.17) is 4.98 Å². The largest absolute Gasteiger partial charge is 0.355 e. The summed E-state index contributed by atoms with van der Waals surface area (Å²) in [6, 6.07) is 4.54. The van der Waals surface area contributed by atoms with Crippen LogP contribution in [0.15, 0.2) is 6.07 Å². The predicted molar refractivity (Wildman–Crippen MR) is 83.3 cm³/mol. The van der Waals surface area contributed by atoms with E-state index < -0.39 is 0 Å². The van der Waals surface area contributed by atoms with Crippen molar-refractivity contribution in [3.63, 3.8) is 0 Å². The van der Waals surface area contributed by atoms with Gasteiger partial charge in [-0.2, -0.15) is 5.26 Å². The quantitative estimate of drug-likeness (QED) is 0.830. The Morgan fingerprint density at radius 1 is 1.10 bits per heavy atom. The van der Waals surface area contributed by atoms with Crippen LogP contribution in [0.25, 0.3) is 0 Å². The molecular weight excluding hydrogens is 258 g/mol. The minimum Gasteiger partial charge on any atom is -0.355 e. The second-order valence-corrected chi connectivity index (χ2v) is 7.08. The number of nitriles is 1. The molecule has 1 aromatic rings. The zero-order valence-electron chi connectivity index (χ0n) is 12.6. The van der Waals surface area contributed by atoms with Crippen molar-refractivity contribution in [1.82, 2.24) is 4.98 Å². The van der Waals surface area contributed by atoms with Gasteiger partial charge in [-0.1, -0.05) is 0 Å². The lowest BCUT2D eigenvalue weighted by molar-refractivity contribution is 0.646. The highest BCUT2D eigenvalue weighted by molar-refractivity contribution is 5.56. The summed E-state index contributed by atoms with van der Waals surface area (Å²) in [6.45, 7) is 2.22. The van der Waals surface area contributed by atoms with Crippen LogP contribution in [-0.4, -0.2) is 18.1 Å². The highest BCUT2D eigenvalue weighted by Crippen LogP contribution is 2.36. The summed E-state index contributed by atoms with van der Waals surface area (Å²) in [5.41, 5.74) is 3.38. The smallest absolute Gasteiger partial charge is 0.146 e. The molecule has 0 unspecified atom stereocenters. The fourth-order valence-corrected chi connectivity index (χ4v) is 3.42. The van der Waals surface area contributed by atoms with Gasteiger partial charge in [-0.25, -0.2) is 4.98 Å². The van der Waals surface area contributed by atoms with Gasteiger partial charge in [0.2, 0.25) is 0 Å². The maximum Gasteiger partial charge on any atom is 0.146 e. The predicted octanol–water partition coefficient (Wildman–Crippen LogP) is 3.46. The van der Waals surface area contributed by atoms with Gasteiger partial charge in [0.05, 0.1) is 5.56 Å². The van der Waals surface area contributed by atoms with Crippen molar-refractivity contribution in [3.05, 3.63) is 22.9 Å². The third kappa shape index (κ3) is 2.90. The Bertz CT molecular complexity index is 565. The van der Waals surface area contributed by atoms with Gasteiger partial charge >= 0.3 is 0 Å². The molecule has 0 bridgehead atoms. The summed E-state index contributed by atoms with van der Waals surface area (Å²) in [4.78, 5) is 7.38. The van der Waals surface area contributed by atoms with E-state index in [2.05, 4.69) is 17.0 Å². The van der Waals surface area contributed by atoms with Gasteiger partial charge in [0.1, 0.15) is 11.9 Å². The van der Waals surface area contributed by atoms with Crippen molar-refractivity contribution < 1.29 is 0 Å². The third-order valence-electron chi connectivity index (χ3n) is 5.05. The van der Waals surface area contributed by atoms with Crippen molar-refractivity contribution in [1.29, 1.82) is 5.26 Å². The lowest BCUT2D eigenvalue weighted by Crippen LogP contribution is -2.30. The van der Waals surface area contributed by atoms with Crippen molar-refractivity contribution >= 4 is 5.82 Å². The minimum atomic E-state index is 0.803. The van der Waals surface area contributed by atoms with Crippen LogP contribution in [0.4, 0.5) is 5.82 Å². The molecule has 1 aromatic heterocycles. The molecule has 1 heterocycles. The van der Waals surface area contributed by atoms with E-state index in [1.54, 1.807) is 0 Å². The first-order chi connectivity index (χ1) is 10.3. The second-order valence-electron chi connectivity index (χ2n) is 7.08. The van der Waals surface area contributed by atoms with Crippen molar-refractivity contribution in [2.45, 2.75) is 51.4 Å². The average molecular weight is 281 g/mol. The van der Waals surface area contributed by atoms with E-state index in [1.807, 2.05) is 0 Å². The molecule has 21 heavy (non-hydrogen) atoms. The molecule has 0 N–H and O–H groups in total. The summed E-state index contributed by atoms with van der Waals surface area (Å²) < 4.78 is 0. The van der Waals surface area contributed by atoms with Gasteiger partial charge in [0.15, 0.2) is 0 Å². The summed E-state index contributed by atoms with van der Waals surface area (Å²) >= 11 is 0. The van der Waals surface area contributed by atoms with Crippen LogP contribution in [0.2, 0.25) is 0 Å². The maximum absolute atomic E-state index is 9.55. The third-order valence-corrected chi connectivity index (χ3v) is 5.05. The van der Waals surface area contributed by atoms with Crippen LogP contribution in [0.1, 0.15) is 55.3 Å². The molecule has 0 saturated heterocycles. The highest BCUT2D eigenvalue weighted by atomic mass is 15.2. The zero-order valence-corrected chi connectivity index (χ0v) is 12.6. The molecule has 0 atom stereocenters. The highest BCUT2D eigenvalue weighted by Gasteiger charge is 2.31. The number of rotatable bonds is 5. The SMILES string of the molecule is N#Cc1cc2c(nc1N(CC1CC1)CC1CC1)CCCC2. The summed E-state index contributed by atoms with van der Waals surface area (Å²) in [7, 11) is 0. The number of aryl methyl sites for hydroxylation is 2. The van der Waals surface area contributed by atoms with Crippen molar-refractivity contribution in [2.75, 3.05) is 18.0 Å². The minimum absolute atomic E-state index is 0.803. The summed E-state index contributed by atoms with van der Waals surface area (Å²) in [5, 5.41) is 9.55. The Balaban J connectivity index is 1.67. The fraction of sp³-hybridized carbons (Fsp3) is 0.667. The maximum atomic E-state index is 9.55. The molecule has 0 spiro atoms. The number of anilines is 1. The number of hydrogen-bond acceptors (Lipinski definition) is 3. The Labute approximate surface area is 127 Å². The van der Waals surface area contributed by atoms with Gasteiger partial charge in [0.25, 0.3) is 0 Å². The Kier molecular flexibility index (Phi) is 3.33. The van der Waals surface area contributed by atoms with Crippen LogP contribution in [0, 0.1) is 23.2 Å². The van der Waals surface area contributed by atoms with E-state index in [9.17, 15) is 5.26 Å². The topological polar surface area (TPSA) is 39.9 Å². The summed E-state index contributed by atoms with van der Waals surface area (Å²) in [5.74, 6) is 2.67. The first-order valence-electron chi connectivity index (χ1n) is 8.51. The number of hydrogen-bond donors (Lipinski definition) is 0. The molecule has 0 radical (unpaired) electrons. The lowest BCUT2D eigenvalue weighted by Gasteiger charge is -2.27. The lowest BCUT2D eigenvalue weighted by atomic mass is 9.95. The molecule has 3 aliphatic carbocycles. The van der Waals surface area contributed by atoms with Crippen molar-refractivity contribution in [3.8, 4) is 6.07 Å². The van der Waals surface area contributed by atoms with E-state index in [0.29, 0.717) is 0 Å². The van der Waals surface area contributed by atoms with Gasteiger partial charge in [-0.15, -0.1) is 0 Å². The molecule has 110 valence electrons. The molecule has 0 amide bonds. The van der Waals surface area contributed by atoms with Gasteiger partial charge in [-0.05, 0) is 74.8 Å². The normalized spacial score (nSPS) is 20.7. The first kappa shape index (κ1) is 13.1. The van der Waals surface area contributed by atoms with Gasteiger partial charge in [0, 0.05) is 18.8 Å². The Morgan fingerprint density at radius 3 is 2.38 bits per heavy atom. The molecule has 0 aliphatic heterocycles. The van der Waals surface area contributed by atoms with Gasteiger partial charge < -0.3 is 4.90 Å². The Hall–Kier alpha value is -1.56. The average Bonchev–Trinajstić information content (AvgIpc) is 3.41. The van der Waals surface area contributed by atoms with Crippen LogP contribution >= 0.6 is 0 Å². The van der Waals surface area contributed by atoms with Crippen LogP contribution in [0.3, 0.4) is 0 Å². The molecule has 0 aromatic carbocycles. The van der Waals surface area contributed by atoms with Gasteiger partial charge in [-0.3, -0.25) is 0 Å². The molecule has 3 nitrogen and oxygen atoms in total. The number of pyridine rings is 1. The molecule has 3 heteroatoms. The molecule has 4 rings (SSSR count). The standard InChI is InChI=1S/C18H23N3/c19-10-16-9-15-3-1-2-4-17(15)20-18(16)21(11-13-5-6-13)12-14-7-8-14/h9,13-14H,1-8,11-12H2. The van der Waals surface area contributed by atoms with E-state index in [0.717, 1.165) is 49.1 Å². The summed E-state index contributed by atoms with van der Waals surface area (Å²) in [6.07, 6.45) is 10.1. The first-order valence-corrected chi connectivity index (χ1v) is 8.51. The monoisotopic (exact) mass is 281 g/mol. The molecule has 2 saturated carbocycles.